The Balaban J connectivity index is 1.90. The van der Waals surface area contributed by atoms with E-state index in [2.05, 4.69) is 38.3 Å². The molecule has 0 aromatic carbocycles. The Hall–Kier alpha value is -1.32. The fraction of sp³-hybridized carbons (Fsp3) is 0.750. The van der Waals surface area contributed by atoms with Gasteiger partial charge in [-0.1, -0.05) is 0 Å². The smallest absolute Gasteiger partial charge is 0.136 e. The largest absolute Gasteiger partial charge is 0.370 e. The van der Waals surface area contributed by atoms with Crippen LogP contribution in [-0.4, -0.2) is 22.1 Å². The molecule has 4 heteroatoms. The zero-order valence-electron chi connectivity index (χ0n) is 13.1. The molecule has 0 atom stereocenters. The van der Waals surface area contributed by atoms with Crippen LogP contribution in [0.5, 0.6) is 0 Å². The number of rotatable bonds is 6. The van der Waals surface area contributed by atoms with Gasteiger partial charge in [0.1, 0.15) is 17.5 Å². The molecule has 3 rings (SSSR count). The van der Waals surface area contributed by atoms with Crippen molar-refractivity contribution in [3.8, 4) is 0 Å². The molecular weight excluding hydrogens is 248 g/mol. The minimum Gasteiger partial charge on any atom is -0.370 e. The van der Waals surface area contributed by atoms with Gasteiger partial charge in [0.05, 0.1) is 0 Å². The summed E-state index contributed by atoms with van der Waals surface area (Å²) in [6.07, 6.45) is 5.14. The monoisotopic (exact) mass is 274 g/mol. The average molecular weight is 274 g/mol. The van der Waals surface area contributed by atoms with Crippen molar-refractivity contribution in [3.05, 3.63) is 11.4 Å². The predicted molar refractivity (Wildman–Crippen MR) is 83.3 cm³/mol. The van der Waals surface area contributed by atoms with E-state index in [-0.39, 0.29) is 5.54 Å². The highest BCUT2D eigenvalue weighted by Crippen LogP contribution is 2.43. The topological polar surface area (TPSA) is 49.8 Å². The maximum absolute atomic E-state index is 4.81. The van der Waals surface area contributed by atoms with Gasteiger partial charge in [-0.3, -0.25) is 0 Å². The van der Waals surface area contributed by atoms with Crippen molar-refractivity contribution in [3.63, 3.8) is 0 Å². The molecule has 2 saturated carbocycles. The molecule has 2 aliphatic carbocycles. The van der Waals surface area contributed by atoms with Crippen molar-refractivity contribution >= 4 is 11.6 Å². The molecule has 110 valence electrons. The standard InChI is InChI=1S/C16H26N4/c1-5-17-13-10(2)14(19-15(18-13)11-6-7-11)20-16(3,4)12-8-9-12/h11-12H,5-9H2,1-4H3,(H2,17,18,19,20). The third-order valence-corrected chi connectivity index (χ3v) is 4.49. The molecule has 1 heterocycles. The molecule has 1 aromatic heterocycles. The number of hydrogen-bond donors (Lipinski definition) is 2. The molecule has 0 aliphatic heterocycles. The van der Waals surface area contributed by atoms with Crippen LogP contribution in [0.3, 0.4) is 0 Å². The number of nitrogens with zero attached hydrogens (tertiary/aromatic N) is 2. The summed E-state index contributed by atoms with van der Waals surface area (Å²) in [5.41, 5.74) is 1.27. The van der Waals surface area contributed by atoms with E-state index in [0.717, 1.165) is 35.5 Å². The summed E-state index contributed by atoms with van der Waals surface area (Å²) in [5, 5.41) is 7.06. The van der Waals surface area contributed by atoms with Crippen LogP contribution in [-0.2, 0) is 0 Å². The van der Waals surface area contributed by atoms with Crippen LogP contribution in [0.2, 0.25) is 0 Å². The van der Waals surface area contributed by atoms with E-state index in [0.29, 0.717) is 5.92 Å². The lowest BCUT2D eigenvalue weighted by Crippen LogP contribution is -2.34. The highest BCUT2D eigenvalue weighted by atomic mass is 15.1. The fourth-order valence-electron chi connectivity index (χ4n) is 2.73. The molecule has 2 N–H and O–H groups in total. The summed E-state index contributed by atoms with van der Waals surface area (Å²) >= 11 is 0. The minimum absolute atomic E-state index is 0.128. The lowest BCUT2D eigenvalue weighted by Gasteiger charge is -2.28. The third kappa shape index (κ3) is 2.74. The van der Waals surface area contributed by atoms with Gasteiger partial charge < -0.3 is 10.6 Å². The molecule has 1 aromatic rings. The van der Waals surface area contributed by atoms with E-state index in [4.69, 9.17) is 9.97 Å². The molecule has 0 radical (unpaired) electrons. The maximum Gasteiger partial charge on any atom is 0.136 e. The van der Waals surface area contributed by atoms with Gasteiger partial charge in [0.15, 0.2) is 0 Å². The Morgan fingerprint density at radius 1 is 1.10 bits per heavy atom. The second kappa shape index (κ2) is 4.90. The predicted octanol–water partition coefficient (Wildman–Crippen LogP) is 3.69. The van der Waals surface area contributed by atoms with E-state index in [9.17, 15) is 0 Å². The first-order valence-electron chi connectivity index (χ1n) is 7.92. The van der Waals surface area contributed by atoms with Gasteiger partial charge in [-0.15, -0.1) is 0 Å². The zero-order chi connectivity index (χ0) is 14.3. The van der Waals surface area contributed by atoms with E-state index < -0.39 is 0 Å². The van der Waals surface area contributed by atoms with Crippen LogP contribution in [0.1, 0.15) is 63.8 Å². The van der Waals surface area contributed by atoms with Crippen molar-refractivity contribution in [1.29, 1.82) is 0 Å². The van der Waals surface area contributed by atoms with E-state index in [1.165, 1.54) is 25.7 Å². The van der Waals surface area contributed by atoms with Gasteiger partial charge in [-0.05, 0) is 59.3 Å². The van der Waals surface area contributed by atoms with E-state index in [1.54, 1.807) is 0 Å². The van der Waals surface area contributed by atoms with Crippen LogP contribution < -0.4 is 10.6 Å². The highest BCUT2D eigenvalue weighted by Gasteiger charge is 2.38. The molecule has 0 unspecified atom stereocenters. The van der Waals surface area contributed by atoms with Gasteiger partial charge in [0, 0.05) is 23.6 Å². The first kappa shape index (κ1) is 13.7. The highest BCUT2D eigenvalue weighted by molar-refractivity contribution is 5.58. The normalized spacial score (nSPS) is 19.0. The second-order valence-corrected chi connectivity index (χ2v) is 6.83. The molecule has 2 fully saturated rings. The summed E-state index contributed by atoms with van der Waals surface area (Å²) in [4.78, 5) is 9.52. The van der Waals surface area contributed by atoms with Crippen molar-refractivity contribution in [2.75, 3.05) is 17.2 Å². The molecule has 2 aliphatic rings. The molecule has 0 amide bonds. The lowest BCUT2D eigenvalue weighted by molar-refractivity contribution is 0.491. The second-order valence-electron chi connectivity index (χ2n) is 6.83. The average Bonchev–Trinajstić information content (AvgIpc) is 3.27. The number of nitrogens with one attached hydrogen (secondary N) is 2. The summed E-state index contributed by atoms with van der Waals surface area (Å²) in [7, 11) is 0. The Labute approximate surface area is 121 Å². The Morgan fingerprint density at radius 3 is 2.30 bits per heavy atom. The summed E-state index contributed by atoms with van der Waals surface area (Å²) < 4.78 is 0. The molecule has 0 bridgehead atoms. The molecular formula is C16H26N4. The molecule has 4 nitrogen and oxygen atoms in total. The van der Waals surface area contributed by atoms with Gasteiger partial charge in [-0.25, -0.2) is 9.97 Å². The summed E-state index contributed by atoms with van der Waals surface area (Å²) in [6, 6.07) is 0. The number of hydrogen-bond acceptors (Lipinski definition) is 4. The van der Waals surface area contributed by atoms with Crippen molar-refractivity contribution in [2.45, 2.75) is 64.8 Å². The van der Waals surface area contributed by atoms with Crippen molar-refractivity contribution in [1.82, 2.24) is 9.97 Å². The van der Waals surface area contributed by atoms with Crippen LogP contribution in [0.15, 0.2) is 0 Å². The first-order chi connectivity index (χ1) is 9.51. The Kier molecular flexibility index (Phi) is 3.35. The van der Waals surface area contributed by atoms with E-state index >= 15 is 0 Å². The minimum atomic E-state index is 0.128. The molecule has 0 spiro atoms. The van der Waals surface area contributed by atoms with Crippen LogP contribution in [0.25, 0.3) is 0 Å². The van der Waals surface area contributed by atoms with Gasteiger partial charge in [-0.2, -0.15) is 0 Å². The van der Waals surface area contributed by atoms with Gasteiger partial charge in [0.25, 0.3) is 0 Å². The summed E-state index contributed by atoms with van der Waals surface area (Å²) in [5.74, 6) is 4.40. The van der Waals surface area contributed by atoms with Crippen LogP contribution in [0, 0.1) is 12.8 Å². The number of aromatic nitrogens is 2. The third-order valence-electron chi connectivity index (χ3n) is 4.49. The molecule has 20 heavy (non-hydrogen) atoms. The van der Waals surface area contributed by atoms with Crippen molar-refractivity contribution in [2.24, 2.45) is 5.92 Å². The van der Waals surface area contributed by atoms with Crippen molar-refractivity contribution < 1.29 is 0 Å². The lowest BCUT2D eigenvalue weighted by atomic mass is 9.98. The van der Waals surface area contributed by atoms with Crippen LogP contribution >= 0.6 is 0 Å². The maximum atomic E-state index is 4.81. The van der Waals surface area contributed by atoms with Crippen LogP contribution in [0.4, 0.5) is 11.6 Å². The Morgan fingerprint density at radius 2 is 1.75 bits per heavy atom. The Bertz CT molecular complexity index is 501. The van der Waals surface area contributed by atoms with Gasteiger partial charge >= 0.3 is 0 Å². The number of anilines is 2. The molecule has 0 saturated heterocycles. The SMILES string of the molecule is CCNc1nc(C2CC2)nc(NC(C)(C)C2CC2)c1C. The zero-order valence-corrected chi connectivity index (χ0v) is 13.1. The first-order valence-corrected chi connectivity index (χ1v) is 7.92. The quantitative estimate of drug-likeness (QED) is 0.830. The summed E-state index contributed by atoms with van der Waals surface area (Å²) in [6.45, 7) is 9.69. The van der Waals surface area contributed by atoms with Gasteiger partial charge in [0.2, 0.25) is 0 Å². The van der Waals surface area contributed by atoms with E-state index in [1.807, 2.05) is 0 Å². The fourth-order valence-corrected chi connectivity index (χ4v) is 2.73.